The fourth-order valence-electron chi connectivity index (χ4n) is 2.87. The molecule has 1 aromatic heterocycles. The second-order valence-electron chi connectivity index (χ2n) is 5.66. The van der Waals surface area contributed by atoms with Crippen molar-refractivity contribution < 1.29 is 4.79 Å². The highest BCUT2D eigenvalue weighted by molar-refractivity contribution is 8.00. The summed E-state index contributed by atoms with van der Waals surface area (Å²) in [4.78, 5) is 16.5. The molecule has 1 aromatic rings. The van der Waals surface area contributed by atoms with Crippen LogP contribution in [0.25, 0.3) is 0 Å². The van der Waals surface area contributed by atoms with E-state index in [9.17, 15) is 4.79 Å². The van der Waals surface area contributed by atoms with Crippen molar-refractivity contribution in [2.45, 2.75) is 43.8 Å². The van der Waals surface area contributed by atoms with E-state index in [4.69, 9.17) is 5.84 Å². The number of rotatable bonds is 5. The summed E-state index contributed by atoms with van der Waals surface area (Å²) in [6, 6.07) is 3.46. The molecule has 2 rings (SSSR count). The number of nitrogens with zero attached hydrogens (tertiary/aromatic N) is 1. The summed E-state index contributed by atoms with van der Waals surface area (Å²) in [5, 5.41) is 3.08. The highest BCUT2D eigenvalue weighted by Gasteiger charge is 2.31. The number of nitrogens with two attached hydrogens (primary N) is 1. The lowest BCUT2D eigenvalue weighted by Gasteiger charge is -2.35. The number of thioether (sulfide) groups is 1. The van der Waals surface area contributed by atoms with Crippen molar-refractivity contribution in [3.63, 3.8) is 0 Å². The van der Waals surface area contributed by atoms with E-state index >= 15 is 0 Å². The molecule has 0 atom stereocenters. The van der Waals surface area contributed by atoms with Gasteiger partial charge in [0.05, 0.1) is 0 Å². The van der Waals surface area contributed by atoms with Crippen LogP contribution >= 0.6 is 11.8 Å². The fourth-order valence-corrected chi connectivity index (χ4v) is 3.78. The first-order chi connectivity index (χ1) is 10.1. The van der Waals surface area contributed by atoms with Gasteiger partial charge in [0.15, 0.2) is 0 Å². The Balaban J connectivity index is 2.02. The molecule has 0 saturated heterocycles. The number of nitrogens with one attached hydrogen (secondary N) is 2. The van der Waals surface area contributed by atoms with Crippen molar-refractivity contribution in [2.24, 2.45) is 5.84 Å². The van der Waals surface area contributed by atoms with Gasteiger partial charge in [-0.15, -0.1) is 0 Å². The van der Waals surface area contributed by atoms with E-state index in [1.165, 1.54) is 32.1 Å². The molecule has 0 aromatic carbocycles. The second-order valence-corrected chi connectivity index (χ2v) is 6.93. The van der Waals surface area contributed by atoms with E-state index in [1.807, 2.05) is 18.7 Å². The number of carbonyl (C=O) groups is 1. The van der Waals surface area contributed by atoms with E-state index in [0.29, 0.717) is 11.4 Å². The van der Waals surface area contributed by atoms with Crippen LogP contribution in [0.2, 0.25) is 0 Å². The molecule has 1 aliphatic carbocycles. The summed E-state index contributed by atoms with van der Waals surface area (Å²) in [6.45, 7) is 2.57. The molecule has 0 radical (unpaired) electrons. The average molecular weight is 308 g/mol. The maximum atomic E-state index is 12.3. The zero-order valence-electron chi connectivity index (χ0n) is 12.7. The third-order valence-electron chi connectivity index (χ3n) is 4.13. The standard InChI is InChI=1S/C15H24N4OS/c1-11-8-12(9-13(18-11)19-16)14(20)17-10-15(21-2)6-4-3-5-7-15/h8-9H,3-7,10,16H2,1-2H3,(H,17,20)(H,18,19). The van der Waals surface area contributed by atoms with Crippen LogP contribution in [-0.4, -0.2) is 28.4 Å². The smallest absolute Gasteiger partial charge is 0.251 e. The minimum Gasteiger partial charge on any atom is -0.351 e. The molecule has 1 amide bonds. The quantitative estimate of drug-likeness (QED) is 0.575. The van der Waals surface area contributed by atoms with Gasteiger partial charge in [-0.05, 0) is 38.2 Å². The average Bonchev–Trinajstić information content (AvgIpc) is 2.52. The topological polar surface area (TPSA) is 80.0 Å². The predicted octanol–water partition coefficient (Wildman–Crippen LogP) is 2.47. The van der Waals surface area contributed by atoms with Crippen LogP contribution in [0, 0.1) is 6.92 Å². The summed E-state index contributed by atoms with van der Waals surface area (Å²) >= 11 is 1.88. The Labute approximate surface area is 130 Å². The van der Waals surface area contributed by atoms with Crippen molar-refractivity contribution in [3.05, 3.63) is 23.4 Å². The minimum atomic E-state index is -0.0593. The fraction of sp³-hybridized carbons (Fsp3) is 0.600. The van der Waals surface area contributed by atoms with Crippen LogP contribution in [0.3, 0.4) is 0 Å². The predicted molar refractivity (Wildman–Crippen MR) is 88.4 cm³/mol. The number of hydrazine groups is 1. The first kappa shape index (κ1) is 16.1. The van der Waals surface area contributed by atoms with E-state index in [-0.39, 0.29) is 10.7 Å². The summed E-state index contributed by atoms with van der Waals surface area (Å²) < 4.78 is 0.199. The zero-order chi connectivity index (χ0) is 15.3. The monoisotopic (exact) mass is 308 g/mol. The maximum absolute atomic E-state index is 12.3. The first-order valence-corrected chi connectivity index (χ1v) is 8.60. The lowest BCUT2D eigenvalue weighted by molar-refractivity contribution is 0.0946. The lowest BCUT2D eigenvalue weighted by Crippen LogP contribution is -2.41. The number of amides is 1. The van der Waals surface area contributed by atoms with Crippen LogP contribution in [-0.2, 0) is 0 Å². The normalized spacial score (nSPS) is 17.3. The Kier molecular flexibility index (Phi) is 5.47. The second kappa shape index (κ2) is 7.13. The summed E-state index contributed by atoms with van der Waals surface area (Å²) in [6.07, 6.45) is 8.33. The van der Waals surface area contributed by atoms with Crippen molar-refractivity contribution in [2.75, 3.05) is 18.2 Å². The van der Waals surface area contributed by atoms with Crippen molar-refractivity contribution >= 4 is 23.5 Å². The van der Waals surface area contributed by atoms with Gasteiger partial charge < -0.3 is 10.7 Å². The molecule has 0 aliphatic heterocycles. The van der Waals surface area contributed by atoms with Gasteiger partial charge in [0.25, 0.3) is 5.91 Å². The first-order valence-electron chi connectivity index (χ1n) is 7.37. The van der Waals surface area contributed by atoms with Gasteiger partial charge in [-0.25, -0.2) is 10.8 Å². The molecule has 1 aliphatic rings. The van der Waals surface area contributed by atoms with Gasteiger partial charge in [0.1, 0.15) is 5.82 Å². The third-order valence-corrected chi connectivity index (χ3v) is 5.55. The molecule has 4 N–H and O–H groups in total. The number of pyridine rings is 1. The number of hydrogen-bond donors (Lipinski definition) is 3. The van der Waals surface area contributed by atoms with Gasteiger partial charge in [0.2, 0.25) is 0 Å². The molecule has 6 heteroatoms. The van der Waals surface area contributed by atoms with Crippen LogP contribution in [0.1, 0.15) is 48.2 Å². The molecule has 5 nitrogen and oxygen atoms in total. The highest BCUT2D eigenvalue weighted by atomic mass is 32.2. The Hall–Kier alpha value is -1.27. The molecule has 0 unspecified atom stereocenters. The maximum Gasteiger partial charge on any atom is 0.251 e. The SMILES string of the molecule is CSC1(CNC(=O)c2cc(C)nc(NN)c2)CCCCC1. The largest absolute Gasteiger partial charge is 0.351 e. The minimum absolute atomic E-state index is 0.0593. The van der Waals surface area contributed by atoms with Crippen LogP contribution in [0.5, 0.6) is 0 Å². The van der Waals surface area contributed by atoms with E-state index < -0.39 is 0 Å². The Morgan fingerprint density at radius 2 is 2.10 bits per heavy atom. The Morgan fingerprint density at radius 3 is 2.71 bits per heavy atom. The molecule has 21 heavy (non-hydrogen) atoms. The van der Waals surface area contributed by atoms with Crippen molar-refractivity contribution in [3.8, 4) is 0 Å². The summed E-state index contributed by atoms with van der Waals surface area (Å²) in [5.41, 5.74) is 3.86. The summed E-state index contributed by atoms with van der Waals surface area (Å²) in [5.74, 6) is 5.83. The van der Waals surface area contributed by atoms with Gasteiger partial charge in [-0.1, -0.05) is 19.3 Å². The molecule has 1 fully saturated rings. The van der Waals surface area contributed by atoms with E-state index in [2.05, 4.69) is 22.0 Å². The number of carbonyl (C=O) groups excluding carboxylic acids is 1. The van der Waals surface area contributed by atoms with Crippen molar-refractivity contribution in [1.29, 1.82) is 0 Å². The van der Waals surface area contributed by atoms with Crippen LogP contribution in [0.15, 0.2) is 12.1 Å². The zero-order valence-corrected chi connectivity index (χ0v) is 13.6. The Bertz CT molecular complexity index is 500. The molecule has 0 spiro atoms. The number of anilines is 1. The summed E-state index contributed by atoms with van der Waals surface area (Å²) in [7, 11) is 0. The number of hydrogen-bond acceptors (Lipinski definition) is 5. The Morgan fingerprint density at radius 1 is 1.38 bits per heavy atom. The van der Waals surface area contributed by atoms with Crippen LogP contribution in [0.4, 0.5) is 5.82 Å². The van der Waals surface area contributed by atoms with Crippen molar-refractivity contribution in [1.82, 2.24) is 10.3 Å². The number of aromatic nitrogens is 1. The molecule has 0 bridgehead atoms. The van der Waals surface area contributed by atoms with Crippen LogP contribution < -0.4 is 16.6 Å². The highest BCUT2D eigenvalue weighted by Crippen LogP contribution is 2.37. The van der Waals surface area contributed by atoms with E-state index in [1.54, 1.807) is 12.1 Å². The van der Waals surface area contributed by atoms with Gasteiger partial charge >= 0.3 is 0 Å². The molecular formula is C15H24N4OS. The molecule has 1 saturated carbocycles. The molecule has 116 valence electrons. The number of aryl methyl sites for hydroxylation is 1. The molecular weight excluding hydrogens is 284 g/mol. The van der Waals surface area contributed by atoms with E-state index in [0.717, 1.165) is 12.2 Å². The van der Waals surface area contributed by atoms with Gasteiger partial charge in [-0.3, -0.25) is 4.79 Å². The number of nitrogen functional groups attached to an aromatic ring is 1. The van der Waals surface area contributed by atoms with Gasteiger partial charge in [-0.2, -0.15) is 11.8 Å². The lowest BCUT2D eigenvalue weighted by atomic mass is 9.88. The molecule has 1 heterocycles. The third kappa shape index (κ3) is 4.11. The van der Waals surface area contributed by atoms with Gasteiger partial charge in [0, 0.05) is 22.5 Å².